The standard InChI is InChI=1S/C26H22F3NO5/c1-3-34-19-10-8-17(9-11-19)23(31)21-22(20-12-7-15(2)35-20)30(25(33)24(21)32)14-16-5-4-6-18(13-16)26(27,28)29/h4-13,22,31H,3,14H2,1-2H3/b23-21-. The minimum Gasteiger partial charge on any atom is -0.507 e. The van der Waals surface area contributed by atoms with Crippen molar-refractivity contribution in [3.63, 3.8) is 0 Å². The highest BCUT2D eigenvalue weighted by Gasteiger charge is 2.47. The minimum atomic E-state index is -4.56. The molecule has 1 saturated heterocycles. The third kappa shape index (κ3) is 4.80. The summed E-state index contributed by atoms with van der Waals surface area (Å²) in [6, 6.07) is 12.9. The van der Waals surface area contributed by atoms with E-state index in [1.807, 2.05) is 6.92 Å². The number of carbonyl (C=O) groups is 2. The Morgan fingerprint density at radius 1 is 1.09 bits per heavy atom. The van der Waals surface area contributed by atoms with Gasteiger partial charge < -0.3 is 19.2 Å². The van der Waals surface area contributed by atoms with Crippen LogP contribution >= 0.6 is 0 Å². The molecular formula is C26H22F3NO5. The van der Waals surface area contributed by atoms with E-state index in [0.717, 1.165) is 17.0 Å². The average molecular weight is 485 g/mol. The summed E-state index contributed by atoms with van der Waals surface area (Å²) in [7, 11) is 0. The van der Waals surface area contributed by atoms with E-state index in [9.17, 15) is 27.9 Å². The number of alkyl halides is 3. The number of carbonyl (C=O) groups excluding carboxylic acids is 2. The fraction of sp³-hybridized carbons (Fsp3) is 0.231. The molecule has 1 amide bonds. The van der Waals surface area contributed by atoms with Gasteiger partial charge in [-0.25, -0.2) is 0 Å². The zero-order valence-corrected chi connectivity index (χ0v) is 18.9. The van der Waals surface area contributed by atoms with Crippen molar-refractivity contribution in [2.45, 2.75) is 32.6 Å². The summed E-state index contributed by atoms with van der Waals surface area (Å²) < 4.78 is 50.7. The number of nitrogens with zero attached hydrogens (tertiary/aromatic N) is 1. The smallest absolute Gasteiger partial charge is 0.416 e. The van der Waals surface area contributed by atoms with Crippen LogP contribution in [-0.2, 0) is 22.3 Å². The minimum absolute atomic E-state index is 0.177. The topological polar surface area (TPSA) is 80.0 Å². The molecule has 0 bridgehead atoms. The van der Waals surface area contributed by atoms with Gasteiger partial charge in [0.15, 0.2) is 0 Å². The normalized spacial score (nSPS) is 17.7. The van der Waals surface area contributed by atoms with E-state index in [1.54, 1.807) is 43.3 Å². The van der Waals surface area contributed by atoms with Crippen molar-refractivity contribution in [2.24, 2.45) is 0 Å². The van der Waals surface area contributed by atoms with Gasteiger partial charge in [0.05, 0.1) is 17.7 Å². The Morgan fingerprint density at radius 3 is 2.40 bits per heavy atom. The third-order valence-corrected chi connectivity index (χ3v) is 5.62. The van der Waals surface area contributed by atoms with Crippen molar-refractivity contribution >= 4 is 17.4 Å². The molecule has 1 aromatic heterocycles. The Bertz CT molecular complexity index is 1290. The zero-order valence-electron chi connectivity index (χ0n) is 18.9. The van der Waals surface area contributed by atoms with Crippen LogP contribution in [0.2, 0.25) is 0 Å². The van der Waals surface area contributed by atoms with E-state index >= 15 is 0 Å². The van der Waals surface area contributed by atoms with Crippen LogP contribution in [0.4, 0.5) is 13.2 Å². The van der Waals surface area contributed by atoms with Crippen LogP contribution < -0.4 is 4.74 Å². The fourth-order valence-electron chi connectivity index (χ4n) is 4.01. The lowest BCUT2D eigenvalue weighted by atomic mass is 9.99. The maximum absolute atomic E-state index is 13.2. The number of likely N-dealkylation sites (tertiary alicyclic amines) is 1. The number of hydrogen-bond donors (Lipinski definition) is 1. The van der Waals surface area contributed by atoms with Crippen molar-refractivity contribution in [2.75, 3.05) is 6.61 Å². The van der Waals surface area contributed by atoms with E-state index < -0.39 is 35.2 Å². The first-order chi connectivity index (χ1) is 16.6. The molecule has 6 nitrogen and oxygen atoms in total. The Labute approximate surface area is 199 Å². The second-order valence-corrected chi connectivity index (χ2v) is 8.03. The maximum Gasteiger partial charge on any atom is 0.416 e. The molecule has 1 N–H and O–H groups in total. The number of benzene rings is 2. The Hall–Kier alpha value is -4.01. The molecule has 1 aliphatic rings. The number of Topliss-reactive ketones (excluding diaryl/α,β-unsaturated/α-hetero) is 1. The first-order valence-corrected chi connectivity index (χ1v) is 10.8. The van der Waals surface area contributed by atoms with E-state index in [1.165, 1.54) is 12.1 Å². The molecule has 35 heavy (non-hydrogen) atoms. The van der Waals surface area contributed by atoms with Crippen LogP contribution in [0.3, 0.4) is 0 Å². The summed E-state index contributed by atoms with van der Waals surface area (Å²) in [5.41, 5.74) is -0.623. The van der Waals surface area contributed by atoms with Gasteiger partial charge in [0.2, 0.25) is 0 Å². The van der Waals surface area contributed by atoms with Gasteiger partial charge in [-0.1, -0.05) is 12.1 Å². The van der Waals surface area contributed by atoms with Gasteiger partial charge in [0.25, 0.3) is 11.7 Å². The van der Waals surface area contributed by atoms with Gasteiger partial charge in [-0.15, -0.1) is 0 Å². The van der Waals surface area contributed by atoms with Crippen LogP contribution in [-0.4, -0.2) is 28.3 Å². The Kier molecular flexibility index (Phi) is 6.43. The molecule has 1 atom stereocenters. The second-order valence-electron chi connectivity index (χ2n) is 8.03. The molecule has 182 valence electrons. The molecule has 2 heterocycles. The van der Waals surface area contributed by atoms with Gasteiger partial charge in [-0.2, -0.15) is 13.2 Å². The number of rotatable bonds is 6. The van der Waals surface area contributed by atoms with Crippen molar-refractivity contribution in [1.29, 1.82) is 0 Å². The van der Waals surface area contributed by atoms with E-state index in [0.29, 0.717) is 18.1 Å². The number of ether oxygens (including phenoxy) is 1. The van der Waals surface area contributed by atoms with Gasteiger partial charge in [0, 0.05) is 12.1 Å². The number of aliphatic hydroxyl groups is 1. The highest BCUT2D eigenvalue weighted by atomic mass is 19.4. The Morgan fingerprint density at radius 2 is 1.80 bits per heavy atom. The van der Waals surface area contributed by atoms with E-state index in [2.05, 4.69) is 0 Å². The van der Waals surface area contributed by atoms with Crippen LogP contribution in [0, 0.1) is 6.92 Å². The van der Waals surface area contributed by atoms with Crippen LogP contribution in [0.1, 0.15) is 41.2 Å². The summed E-state index contributed by atoms with van der Waals surface area (Å²) in [4.78, 5) is 27.2. The first kappa shape index (κ1) is 24.1. The quantitative estimate of drug-likeness (QED) is 0.278. The van der Waals surface area contributed by atoms with E-state index in [-0.39, 0.29) is 29.0 Å². The van der Waals surface area contributed by atoms with Crippen LogP contribution in [0.25, 0.3) is 5.76 Å². The molecule has 0 radical (unpaired) electrons. The predicted octanol–water partition coefficient (Wildman–Crippen LogP) is 5.63. The molecule has 1 fully saturated rings. The number of amides is 1. The number of aryl methyl sites for hydroxylation is 1. The van der Waals surface area contributed by atoms with E-state index in [4.69, 9.17) is 9.15 Å². The highest BCUT2D eigenvalue weighted by molar-refractivity contribution is 6.46. The summed E-state index contributed by atoms with van der Waals surface area (Å²) in [5, 5.41) is 11.1. The first-order valence-electron chi connectivity index (χ1n) is 10.8. The average Bonchev–Trinajstić information content (AvgIpc) is 3.35. The molecule has 4 rings (SSSR count). The van der Waals surface area contributed by atoms with Crippen LogP contribution in [0.15, 0.2) is 70.7 Å². The molecule has 1 aliphatic heterocycles. The number of hydrogen-bond acceptors (Lipinski definition) is 5. The lowest BCUT2D eigenvalue weighted by molar-refractivity contribution is -0.140. The maximum atomic E-state index is 13.2. The van der Waals surface area contributed by atoms with Gasteiger partial charge in [0.1, 0.15) is 29.1 Å². The number of ketones is 1. The Balaban J connectivity index is 1.78. The van der Waals surface area contributed by atoms with Gasteiger partial charge in [-0.05, 0) is 67.9 Å². The van der Waals surface area contributed by atoms with Gasteiger partial charge >= 0.3 is 6.18 Å². The SMILES string of the molecule is CCOc1ccc(/C(O)=C2/C(=O)C(=O)N(Cc3cccc(C(F)(F)F)c3)C2c2ccc(C)o2)cc1. The fourth-order valence-corrected chi connectivity index (χ4v) is 4.01. The molecular weight excluding hydrogens is 463 g/mol. The molecule has 9 heteroatoms. The summed E-state index contributed by atoms with van der Waals surface area (Å²) >= 11 is 0. The molecule has 0 saturated carbocycles. The van der Waals surface area contributed by atoms with Crippen molar-refractivity contribution in [1.82, 2.24) is 4.90 Å². The van der Waals surface area contributed by atoms with Crippen molar-refractivity contribution in [3.05, 3.63) is 94.4 Å². The third-order valence-electron chi connectivity index (χ3n) is 5.62. The zero-order chi connectivity index (χ0) is 25.3. The van der Waals surface area contributed by atoms with Crippen LogP contribution in [0.5, 0.6) is 5.75 Å². The number of aliphatic hydroxyl groups excluding tert-OH is 1. The molecule has 0 spiro atoms. The van der Waals surface area contributed by atoms with Crippen molar-refractivity contribution < 1.29 is 37.0 Å². The summed E-state index contributed by atoms with van der Waals surface area (Å²) in [5.74, 6) is -1.05. The predicted molar refractivity (Wildman–Crippen MR) is 120 cm³/mol. The molecule has 3 aromatic rings. The van der Waals surface area contributed by atoms with Crippen molar-refractivity contribution in [3.8, 4) is 5.75 Å². The molecule has 0 aliphatic carbocycles. The summed E-state index contributed by atoms with van der Waals surface area (Å²) in [6.45, 7) is 3.66. The number of halogens is 3. The molecule has 1 unspecified atom stereocenters. The largest absolute Gasteiger partial charge is 0.507 e. The summed E-state index contributed by atoms with van der Waals surface area (Å²) in [6.07, 6.45) is -4.56. The lowest BCUT2D eigenvalue weighted by Crippen LogP contribution is -2.29. The highest BCUT2D eigenvalue weighted by Crippen LogP contribution is 2.41. The lowest BCUT2D eigenvalue weighted by Gasteiger charge is -2.24. The monoisotopic (exact) mass is 485 g/mol. The number of furan rings is 1. The molecule has 2 aromatic carbocycles. The van der Waals surface area contributed by atoms with Gasteiger partial charge in [-0.3, -0.25) is 9.59 Å². The second kappa shape index (κ2) is 9.32.